The molecule has 41 heavy (non-hydrogen) atoms. The maximum absolute atomic E-state index is 11.6. The second-order valence-electron chi connectivity index (χ2n) is 11.9. The van der Waals surface area contributed by atoms with E-state index in [1.165, 1.54) is 122 Å². The summed E-state index contributed by atoms with van der Waals surface area (Å²) in [7, 11) is 0. The van der Waals surface area contributed by atoms with Crippen LogP contribution >= 0.6 is 0 Å². The van der Waals surface area contributed by atoms with Crippen molar-refractivity contribution in [2.45, 2.75) is 187 Å². The molecule has 3 N–H and O–H groups in total. The number of unbranched alkanes of at least 4 members (excludes halogenated alkanes) is 20. The predicted octanol–water partition coefficient (Wildman–Crippen LogP) is 10.3. The first-order chi connectivity index (χ1) is 20.2. The van der Waals surface area contributed by atoms with Gasteiger partial charge in [-0.2, -0.15) is 0 Å². The van der Waals surface area contributed by atoms with Crippen molar-refractivity contribution in [1.82, 2.24) is 5.32 Å². The first-order valence-corrected chi connectivity index (χ1v) is 17.7. The van der Waals surface area contributed by atoms with Gasteiger partial charge in [0, 0.05) is 6.42 Å². The van der Waals surface area contributed by atoms with Crippen molar-refractivity contribution in [3.8, 4) is 0 Å². The molecule has 0 aromatic rings. The molecule has 0 saturated carbocycles. The predicted molar refractivity (Wildman–Crippen MR) is 179 cm³/mol. The second-order valence-corrected chi connectivity index (χ2v) is 11.9. The van der Waals surface area contributed by atoms with Crippen molar-refractivity contribution in [2.75, 3.05) is 6.61 Å². The van der Waals surface area contributed by atoms with Crippen LogP contribution in [0.5, 0.6) is 0 Å². The molecule has 0 aliphatic carbocycles. The van der Waals surface area contributed by atoms with Crippen LogP contribution in [0, 0.1) is 0 Å². The molecule has 0 saturated heterocycles. The van der Waals surface area contributed by atoms with E-state index in [-0.39, 0.29) is 12.5 Å². The summed E-state index contributed by atoms with van der Waals surface area (Å²) in [6.07, 6.45) is 43.8. The minimum absolute atomic E-state index is 0.133. The number of allylic oxidation sites excluding steroid dienone is 5. The van der Waals surface area contributed by atoms with Gasteiger partial charge in [0.2, 0.25) is 5.91 Å². The molecular formula is C37H69NO3. The Labute approximate surface area is 255 Å². The van der Waals surface area contributed by atoms with Gasteiger partial charge in [-0.3, -0.25) is 4.79 Å². The van der Waals surface area contributed by atoms with Gasteiger partial charge < -0.3 is 15.5 Å². The Hall–Kier alpha value is -1.39. The Bertz CT molecular complexity index is 628. The van der Waals surface area contributed by atoms with E-state index in [0.717, 1.165) is 32.1 Å². The maximum atomic E-state index is 11.6. The standard InChI is InChI=1S/C37H69NO3/c1-3-5-6-7-8-9-10-11-12-13-14-15-16-17-18-19-20-21-22-23-24-25-26-27-28-29-30-31-33-36(40)35(34-39)38-37(41)32-4-2/h23-24,27-28,31,33,35-36,39-40H,3-22,25-26,29-30,32,34H2,1-2H3,(H,38,41)/b24-23+,28-27+,33-31+. The van der Waals surface area contributed by atoms with Crippen molar-refractivity contribution >= 4 is 5.91 Å². The van der Waals surface area contributed by atoms with Gasteiger partial charge in [0.15, 0.2) is 0 Å². The van der Waals surface area contributed by atoms with Crippen LogP contribution in [0.4, 0.5) is 0 Å². The molecule has 0 spiro atoms. The Balaban J connectivity index is 3.43. The first kappa shape index (κ1) is 39.6. The van der Waals surface area contributed by atoms with E-state index in [0.29, 0.717) is 6.42 Å². The first-order valence-electron chi connectivity index (χ1n) is 17.7. The third kappa shape index (κ3) is 29.9. The number of amides is 1. The average molecular weight is 576 g/mol. The van der Waals surface area contributed by atoms with E-state index in [4.69, 9.17) is 0 Å². The van der Waals surface area contributed by atoms with Gasteiger partial charge in [0.25, 0.3) is 0 Å². The van der Waals surface area contributed by atoms with Crippen LogP contribution in [0.1, 0.15) is 174 Å². The summed E-state index contributed by atoms with van der Waals surface area (Å²) >= 11 is 0. The Morgan fingerprint density at radius 3 is 1.37 bits per heavy atom. The van der Waals surface area contributed by atoms with Gasteiger partial charge in [0.05, 0.1) is 18.8 Å². The molecule has 4 heteroatoms. The summed E-state index contributed by atoms with van der Waals surface area (Å²) in [4.78, 5) is 11.6. The lowest BCUT2D eigenvalue weighted by atomic mass is 10.0. The fourth-order valence-corrected chi connectivity index (χ4v) is 5.13. The number of aliphatic hydroxyl groups excluding tert-OH is 2. The Kier molecular flexibility index (Phi) is 32.0. The molecule has 0 heterocycles. The molecular weight excluding hydrogens is 506 g/mol. The fourth-order valence-electron chi connectivity index (χ4n) is 5.13. The highest BCUT2D eigenvalue weighted by atomic mass is 16.3. The molecule has 2 unspecified atom stereocenters. The molecule has 240 valence electrons. The van der Waals surface area contributed by atoms with Gasteiger partial charge in [-0.05, 0) is 44.9 Å². The highest BCUT2D eigenvalue weighted by Gasteiger charge is 2.17. The van der Waals surface area contributed by atoms with Crippen molar-refractivity contribution < 1.29 is 15.0 Å². The van der Waals surface area contributed by atoms with E-state index < -0.39 is 12.1 Å². The minimum atomic E-state index is -0.862. The highest BCUT2D eigenvalue weighted by Crippen LogP contribution is 2.14. The summed E-state index contributed by atoms with van der Waals surface area (Å²) < 4.78 is 0. The summed E-state index contributed by atoms with van der Waals surface area (Å²) in [6.45, 7) is 3.95. The summed E-state index contributed by atoms with van der Waals surface area (Å²) in [5.41, 5.74) is 0. The minimum Gasteiger partial charge on any atom is -0.394 e. The number of nitrogens with one attached hydrogen (secondary N) is 1. The summed E-state index contributed by atoms with van der Waals surface area (Å²) in [5, 5.41) is 22.2. The topological polar surface area (TPSA) is 69.6 Å². The van der Waals surface area contributed by atoms with Crippen LogP contribution < -0.4 is 5.32 Å². The molecule has 1 amide bonds. The molecule has 0 bridgehead atoms. The molecule has 0 aromatic carbocycles. The van der Waals surface area contributed by atoms with Crippen molar-refractivity contribution in [2.24, 2.45) is 0 Å². The quantitative estimate of drug-likeness (QED) is 0.0569. The van der Waals surface area contributed by atoms with E-state index >= 15 is 0 Å². The zero-order chi connectivity index (χ0) is 30.1. The van der Waals surface area contributed by atoms with Gasteiger partial charge in [0.1, 0.15) is 0 Å². The van der Waals surface area contributed by atoms with E-state index in [9.17, 15) is 15.0 Å². The lowest BCUT2D eigenvalue weighted by molar-refractivity contribution is -0.122. The fraction of sp³-hybridized carbons (Fsp3) is 0.811. The molecule has 0 rings (SSSR count). The van der Waals surface area contributed by atoms with E-state index in [1.807, 2.05) is 13.0 Å². The van der Waals surface area contributed by atoms with Crippen LogP contribution in [-0.2, 0) is 4.79 Å². The van der Waals surface area contributed by atoms with Gasteiger partial charge >= 0.3 is 0 Å². The highest BCUT2D eigenvalue weighted by molar-refractivity contribution is 5.76. The molecule has 0 aliphatic heterocycles. The smallest absolute Gasteiger partial charge is 0.220 e. The Morgan fingerprint density at radius 2 is 0.951 bits per heavy atom. The molecule has 4 nitrogen and oxygen atoms in total. The van der Waals surface area contributed by atoms with E-state index in [2.05, 4.69) is 36.5 Å². The zero-order valence-electron chi connectivity index (χ0n) is 27.3. The monoisotopic (exact) mass is 576 g/mol. The SMILES string of the molecule is CCCCCCCCCCCCCCCCCCCC/C=C/CC/C=C/CC/C=C/C(O)C(CO)NC(=O)CCC. The molecule has 0 radical (unpaired) electrons. The molecule has 2 atom stereocenters. The number of aliphatic hydroxyl groups is 2. The van der Waals surface area contributed by atoms with Crippen molar-refractivity contribution in [1.29, 1.82) is 0 Å². The largest absolute Gasteiger partial charge is 0.394 e. The maximum Gasteiger partial charge on any atom is 0.220 e. The number of rotatable bonds is 31. The molecule has 0 fully saturated rings. The van der Waals surface area contributed by atoms with Crippen LogP contribution in [0.2, 0.25) is 0 Å². The number of carbonyl (C=O) groups excluding carboxylic acids is 1. The van der Waals surface area contributed by atoms with Gasteiger partial charge in [-0.1, -0.05) is 159 Å². The zero-order valence-corrected chi connectivity index (χ0v) is 27.3. The van der Waals surface area contributed by atoms with Crippen LogP contribution in [0.3, 0.4) is 0 Å². The lowest BCUT2D eigenvalue weighted by Crippen LogP contribution is -2.45. The molecule has 0 aliphatic rings. The second kappa shape index (κ2) is 33.1. The van der Waals surface area contributed by atoms with Crippen LogP contribution in [0.15, 0.2) is 36.5 Å². The summed E-state index contributed by atoms with van der Waals surface area (Å²) in [6, 6.07) is -0.637. The number of hydrogen-bond donors (Lipinski definition) is 3. The normalized spacial score (nSPS) is 13.6. The van der Waals surface area contributed by atoms with Crippen LogP contribution in [0.25, 0.3) is 0 Å². The van der Waals surface area contributed by atoms with Gasteiger partial charge in [-0.25, -0.2) is 0 Å². The average Bonchev–Trinajstić information content (AvgIpc) is 2.97. The van der Waals surface area contributed by atoms with Crippen molar-refractivity contribution in [3.63, 3.8) is 0 Å². The van der Waals surface area contributed by atoms with Gasteiger partial charge in [-0.15, -0.1) is 0 Å². The number of carbonyl (C=O) groups is 1. The summed E-state index contributed by atoms with van der Waals surface area (Å²) in [5.74, 6) is -0.133. The third-order valence-corrected chi connectivity index (χ3v) is 7.82. The Morgan fingerprint density at radius 1 is 0.561 bits per heavy atom. The lowest BCUT2D eigenvalue weighted by Gasteiger charge is -2.19. The molecule has 0 aromatic heterocycles. The van der Waals surface area contributed by atoms with E-state index in [1.54, 1.807) is 6.08 Å². The number of hydrogen-bond acceptors (Lipinski definition) is 3. The third-order valence-electron chi connectivity index (χ3n) is 7.82. The van der Waals surface area contributed by atoms with Crippen LogP contribution in [-0.4, -0.2) is 34.9 Å². The van der Waals surface area contributed by atoms with Crippen molar-refractivity contribution in [3.05, 3.63) is 36.5 Å².